The van der Waals surface area contributed by atoms with Gasteiger partial charge >= 0.3 is 0 Å². The summed E-state index contributed by atoms with van der Waals surface area (Å²) in [6, 6.07) is 0.203. The first-order chi connectivity index (χ1) is 7.75. The zero-order valence-electron chi connectivity index (χ0n) is 11.8. The van der Waals surface area contributed by atoms with Crippen molar-refractivity contribution in [2.45, 2.75) is 46.3 Å². The molecule has 2 atom stereocenters. The van der Waals surface area contributed by atoms with Gasteiger partial charge in [0.1, 0.15) is 0 Å². The van der Waals surface area contributed by atoms with E-state index < -0.39 is 5.60 Å². The number of aliphatic hydroxyl groups is 1. The lowest BCUT2D eigenvalue weighted by Crippen LogP contribution is -2.43. The van der Waals surface area contributed by atoms with E-state index in [-0.39, 0.29) is 12.0 Å². The van der Waals surface area contributed by atoms with Crippen molar-refractivity contribution in [2.24, 2.45) is 13.0 Å². The van der Waals surface area contributed by atoms with E-state index in [1.165, 1.54) is 5.56 Å². The normalized spacial score (nSPS) is 17.2. The van der Waals surface area contributed by atoms with Gasteiger partial charge in [-0.2, -0.15) is 5.10 Å². The quantitative estimate of drug-likeness (QED) is 0.823. The van der Waals surface area contributed by atoms with Crippen molar-refractivity contribution in [3.05, 3.63) is 17.5 Å². The third kappa shape index (κ3) is 3.30. The van der Waals surface area contributed by atoms with Crippen LogP contribution in [0.1, 0.15) is 45.0 Å². The van der Waals surface area contributed by atoms with Gasteiger partial charge in [-0.25, -0.2) is 0 Å². The third-order valence-corrected chi connectivity index (χ3v) is 3.75. The smallest absolute Gasteiger partial charge is 0.0766 e. The molecule has 1 aromatic heterocycles. The Balaban J connectivity index is 2.62. The van der Waals surface area contributed by atoms with E-state index in [2.05, 4.69) is 24.3 Å². The van der Waals surface area contributed by atoms with Gasteiger partial charge in [0.15, 0.2) is 0 Å². The molecule has 4 heteroatoms. The molecule has 98 valence electrons. The van der Waals surface area contributed by atoms with Crippen molar-refractivity contribution < 1.29 is 5.11 Å². The van der Waals surface area contributed by atoms with Crippen molar-refractivity contribution in [1.29, 1.82) is 0 Å². The van der Waals surface area contributed by atoms with Gasteiger partial charge in [0.25, 0.3) is 0 Å². The van der Waals surface area contributed by atoms with E-state index in [1.807, 2.05) is 38.7 Å². The lowest BCUT2D eigenvalue weighted by molar-refractivity contribution is 0.0122. The van der Waals surface area contributed by atoms with Gasteiger partial charge in [-0.15, -0.1) is 0 Å². The van der Waals surface area contributed by atoms with Crippen molar-refractivity contribution in [3.8, 4) is 0 Å². The molecular weight excluding hydrogens is 214 g/mol. The number of hydrogen-bond acceptors (Lipinski definition) is 3. The predicted molar refractivity (Wildman–Crippen MR) is 69.8 cm³/mol. The minimum atomic E-state index is -0.676. The lowest BCUT2D eigenvalue weighted by atomic mass is 9.92. The number of hydrogen-bond donors (Lipinski definition) is 2. The summed E-state index contributed by atoms with van der Waals surface area (Å²) in [6.45, 7) is 10.7. The number of nitrogens with one attached hydrogen (secondary N) is 1. The van der Waals surface area contributed by atoms with Crippen molar-refractivity contribution in [1.82, 2.24) is 15.1 Å². The Morgan fingerprint density at radius 1 is 1.47 bits per heavy atom. The number of aromatic nitrogens is 2. The van der Waals surface area contributed by atoms with E-state index in [0.29, 0.717) is 6.54 Å². The average Bonchev–Trinajstić information content (AvgIpc) is 2.56. The van der Waals surface area contributed by atoms with Crippen LogP contribution in [0, 0.1) is 12.8 Å². The molecule has 0 saturated heterocycles. The maximum Gasteiger partial charge on any atom is 0.0766 e. The maximum atomic E-state index is 10.2. The number of aryl methyl sites for hydroxylation is 1. The first kappa shape index (κ1) is 14.2. The number of nitrogens with zero attached hydrogens (tertiary/aromatic N) is 2. The zero-order chi connectivity index (χ0) is 13.2. The second-order valence-electron chi connectivity index (χ2n) is 5.42. The molecule has 0 fully saturated rings. The molecular formula is C13H25N3O. The molecule has 2 unspecified atom stereocenters. The fourth-order valence-electron chi connectivity index (χ4n) is 1.61. The second-order valence-corrected chi connectivity index (χ2v) is 5.42. The average molecular weight is 239 g/mol. The molecule has 0 spiro atoms. The molecule has 0 bridgehead atoms. The van der Waals surface area contributed by atoms with Crippen LogP contribution in [0.15, 0.2) is 6.20 Å². The summed E-state index contributed by atoms with van der Waals surface area (Å²) in [5, 5.41) is 17.8. The van der Waals surface area contributed by atoms with Gasteiger partial charge in [0.2, 0.25) is 0 Å². The molecule has 1 aromatic rings. The summed E-state index contributed by atoms with van der Waals surface area (Å²) in [5.41, 5.74) is 1.67. The Morgan fingerprint density at radius 2 is 2.06 bits per heavy atom. The molecule has 0 aliphatic heterocycles. The van der Waals surface area contributed by atoms with Crippen LogP contribution < -0.4 is 5.32 Å². The van der Waals surface area contributed by atoms with Gasteiger partial charge < -0.3 is 10.4 Å². The first-order valence-corrected chi connectivity index (χ1v) is 6.20. The highest BCUT2D eigenvalue weighted by atomic mass is 16.3. The van der Waals surface area contributed by atoms with Crippen molar-refractivity contribution >= 4 is 0 Å². The van der Waals surface area contributed by atoms with Crippen LogP contribution in [0.2, 0.25) is 0 Å². The summed E-state index contributed by atoms with van der Waals surface area (Å²) >= 11 is 0. The SMILES string of the molecule is Cc1c(C(C)NCC(C)(O)C(C)C)cnn1C. The van der Waals surface area contributed by atoms with E-state index in [4.69, 9.17) is 0 Å². The van der Waals surface area contributed by atoms with Gasteiger partial charge in [-0.1, -0.05) is 13.8 Å². The molecule has 0 amide bonds. The molecule has 0 saturated carbocycles. The van der Waals surface area contributed by atoms with Crippen LogP contribution in [0.3, 0.4) is 0 Å². The van der Waals surface area contributed by atoms with Gasteiger partial charge in [0.05, 0.1) is 11.8 Å². The van der Waals surface area contributed by atoms with E-state index in [0.717, 1.165) is 5.69 Å². The van der Waals surface area contributed by atoms with E-state index >= 15 is 0 Å². The summed E-state index contributed by atoms with van der Waals surface area (Å²) in [4.78, 5) is 0. The van der Waals surface area contributed by atoms with Gasteiger partial charge in [0, 0.05) is 30.9 Å². The first-order valence-electron chi connectivity index (χ1n) is 6.20. The monoisotopic (exact) mass is 239 g/mol. The maximum absolute atomic E-state index is 10.2. The Kier molecular flexibility index (Phi) is 4.33. The van der Waals surface area contributed by atoms with Crippen LogP contribution in [-0.4, -0.2) is 27.0 Å². The second kappa shape index (κ2) is 5.19. The predicted octanol–water partition coefficient (Wildman–Crippen LogP) is 1.79. The van der Waals surface area contributed by atoms with Gasteiger partial charge in [-0.05, 0) is 26.7 Å². The summed E-state index contributed by atoms with van der Waals surface area (Å²) < 4.78 is 1.87. The molecule has 0 aliphatic carbocycles. The van der Waals surface area contributed by atoms with E-state index in [9.17, 15) is 5.11 Å². The third-order valence-electron chi connectivity index (χ3n) is 3.75. The van der Waals surface area contributed by atoms with Crippen LogP contribution in [0.4, 0.5) is 0 Å². The minimum Gasteiger partial charge on any atom is -0.389 e. The lowest BCUT2D eigenvalue weighted by Gasteiger charge is -2.29. The van der Waals surface area contributed by atoms with Crippen LogP contribution in [-0.2, 0) is 7.05 Å². The molecule has 2 N–H and O–H groups in total. The Morgan fingerprint density at radius 3 is 2.47 bits per heavy atom. The highest BCUT2D eigenvalue weighted by Gasteiger charge is 2.25. The summed E-state index contributed by atoms with van der Waals surface area (Å²) in [7, 11) is 1.94. The molecule has 0 aliphatic rings. The van der Waals surface area contributed by atoms with Crippen molar-refractivity contribution in [3.63, 3.8) is 0 Å². The van der Waals surface area contributed by atoms with Crippen LogP contribution in [0.5, 0.6) is 0 Å². The number of rotatable bonds is 5. The Hall–Kier alpha value is -0.870. The summed E-state index contributed by atoms with van der Waals surface area (Å²) in [6.07, 6.45) is 1.89. The van der Waals surface area contributed by atoms with E-state index in [1.54, 1.807) is 0 Å². The fraction of sp³-hybridized carbons (Fsp3) is 0.769. The molecule has 1 rings (SSSR count). The highest BCUT2D eigenvalue weighted by Crippen LogP contribution is 2.19. The minimum absolute atomic E-state index is 0.203. The summed E-state index contributed by atoms with van der Waals surface area (Å²) in [5.74, 6) is 0.234. The standard InChI is InChI=1S/C13H25N3O/c1-9(2)13(5,17)8-14-10(3)12-7-15-16(6)11(12)4/h7,9-10,14,17H,8H2,1-6H3. The van der Waals surface area contributed by atoms with Crippen LogP contribution in [0.25, 0.3) is 0 Å². The Labute approximate surface area is 104 Å². The molecule has 1 heterocycles. The molecule has 17 heavy (non-hydrogen) atoms. The fourth-order valence-corrected chi connectivity index (χ4v) is 1.61. The van der Waals surface area contributed by atoms with Crippen LogP contribution >= 0.6 is 0 Å². The molecule has 0 radical (unpaired) electrons. The zero-order valence-corrected chi connectivity index (χ0v) is 11.8. The van der Waals surface area contributed by atoms with Gasteiger partial charge in [-0.3, -0.25) is 4.68 Å². The Bertz CT molecular complexity index is 369. The topological polar surface area (TPSA) is 50.1 Å². The largest absolute Gasteiger partial charge is 0.389 e. The molecule has 4 nitrogen and oxygen atoms in total. The molecule has 0 aromatic carbocycles. The van der Waals surface area contributed by atoms with Crippen molar-refractivity contribution in [2.75, 3.05) is 6.54 Å². The highest BCUT2D eigenvalue weighted by molar-refractivity contribution is 5.19.